The molecular weight excluding hydrogens is 354 g/mol. The van der Waals surface area contributed by atoms with Crippen molar-refractivity contribution < 1.29 is 14.3 Å². The molecule has 156 valence electrons. The second-order valence-electron chi connectivity index (χ2n) is 9.66. The lowest BCUT2D eigenvalue weighted by atomic mass is 9.86. The molecule has 28 heavy (non-hydrogen) atoms. The summed E-state index contributed by atoms with van der Waals surface area (Å²) in [5.74, 6) is -0.162. The van der Waals surface area contributed by atoms with Gasteiger partial charge in [-0.3, -0.25) is 9.69 Å². The highest BCUT2D eigenvalue weighted by atomic mass is 16.6. The highest BCUT2D eigenvalue weighted by Gasteiger charge is 2.36. The number of hydrogen-bond donors (Lipinski definition) is 2. The van der Waals surface area contributed by atoms with Crippen molar-refractivity contribution in [2.24, 2.45) is 5.41 Å². The number of nitrogens with zero attached hydrogens (tertiary/aromatic N) is 1. The molecule has 2 atom stereocenters. The van der Waals surface area contributed by atoms with Gasteiger partial charge < -0.3 is 15.4 Å². The standard InChI is InChI=1S/C22H35N3O3/c1-21(2,3)18(24-20(27)28-22(4,5)6)19(26)23-17-12-13-25(15-17)14-16-10-8-7-9-11-16/h7-11,17-18H,12-15H2,1-6H3,(H,23,26)(H,24,27)/t17-,18+/m1/s1. The predicted octanol–water partition coefficient (Wildman–Crippen LogP) is 3.32. The molecule has 6 heteroatoms. The third-order valence-corrected chi connectivity index (χ3v) is 4.66. The molecule has 1 fully saturated rings. The molecule has 6 nitrogen and oxygen atoms in total. The van der Waals surface area contributed by atoms with E-state index in [2.05, 4.69) is 27.7 Å². The molecule has 0 saturated carbocycles. The van der Waals surface area contributed by atoms with Gasteiger partial charge in [-0.25, -0.2) is 4.79 Å². The maximum absolute atomic E-state index is 12.9. The van der Waals surface area contributed by atoms with Crippen LogP contribution in [-0.2, 0) is 16.1 Å². The Balaban J connectivity index is 1.91. The zero-order chi connectivity index (χ0) is 20.9. The number of nitrogens with one attached hydrogen (secondary N) is 2. The molecule has 0 bridgehead atoms. The summed E-state index contributed by atoms with van der Waals surface area (Å²) < 4.78 is 5.33. The number of benzene rings is 1. The van der Waals surface area contributed by atoms with Crippen molar-refractivity contribution in [3.63, 3.8) is 0 Å². The van der Waals surface area contributed by atoms with Gasteiger partial charge in [0, 0.05) is 25.7 Å². The summed E-state index contributed by atoms with van der Waals surface area (Å²) in [7, 11) is 0. The van der Waals surface area contributed by atoms with Gasteiger partial charge >= 0.3 is 6.09 Å². The Morgan fingerprint density at radius 1 is 1.14 bits per heavy atom. The lowest BCUT2D eigenvalue weighted by Gasteiger charge is -2.32. The number of amides is 2. The van der Waals surface area contributed by atoms with Crippen LogP contribution in [0.4, 0.5) is 4.79 Å². The Morgan fingerprint density at radius 2 is 1.79 bits per heavy atom. The molecule has 1 aliphatic rings. The van der Waals surface area contributed by atoms with Crippen LogP contribution in [0.5, 0.6) is 0 Å². The fourth-order valence-corrected chi connectivity index (χ4v) is 3.32. The fourth-order valence-electron chi connectivity index (χ4n) is 3.32. The summed E-state index contributed by atoms with van der Waals surface area (Å²) >= 11 is 0. The molecule has 1 aliphatic heterocycles. The average Bonchev–Trinajstić information content (AvgIpc) is 2.97. The first-order valence-corrected chi connectivity index (χ1v) is 10.0. The summed E-state index contributed by atoms with van der Waals surface area (Å²) in [4.78, 5) is 27.4. The van der Waals surface area contributed by atoms with E-state index in [0.717, 1.165) is 26.1 Å². The van der Waals surface area contributed by atoms with E-state index in [0.29, 0.717) is 0 Å². The second kappa shape index (κ2) is 8.95. The molecule has 1 heterocycles. The number of ether oxygens (including phenoxy) is 1. The van der Waals surface area contributed by atoms with Gasteiger partial charge in [-0.05, 0) is 38.2 Å². The summed E-state index contributed by atoms with van der Waals surface area (Å²) in [6, 6.07) is 9.76. The largest absolute Gasteiger partial charge is 0.444 e. The van der Waals surface area contributed by atoms with Gasteiger partial charge in [0.25, 0.3) is 0 Å². The van der Waals surface area contributed by atoms with Crippen LogP contribution in [0.2, 0.25) is 0 Å². The second-order valence-corrected chi connectivity index (χ2v) is 9.66. The Hall–Kier alpha value is -2.08. The SMILES string of the molecule is CC(C)(C)OC(=O)N[C@@H](C(=O)N[C@@H]1CCN(Cc2ccccc2)C1)C(C)(C)C. The average molecular weight is 390 g/mol. The highest BCUT2D eigenvalue weighted by Crippen LogP contribution is 2.21. The van der Waals surface area contributed by atoms with Crippen molar-refractivity contribution >= 4 is 12.0 Å². The smallest absolute Gasteiger partial charge is 0.408 e. The van der Waals surface area contributed by atoms with Crippen LogP contribution in [0.1, 0.15) is 53.5 Å². The third-order valence-electron chi connectivity index (χ3n) is 4.66. The van der Waals surface area contributed by atoms with E-state index in [4.69, 9.17) is 4.74 Å². The van der Waals surface area contributed by atoms with Crippen LogP contribution in [0.25, 0.3) is 0 Å². The van der Waals surface area contributed by atoms with E-state index < -0.39 is 23.2 Å². The Morgan fingerprint density at radius 3 is 2.36 bits per heavy atom. The molecule has 0 spiro atoms. The Bertz CT molecular complexity index is 662. The maximum atomic E-state index is 12.9. The van der Waals surface area contributed by atoms with Gasteiger partial charge in [0.15, 0.2) is 0 Å². The quantitative estimate of drug-likeness (QED) is 0.810. The number of rotatable bonds is 5. The van der Waals surface area contributed by atoms with Crippen LogP contribution in [-0.4, -0.2) is 47.7 Å². The molecule has 1 aromatic carbocycles. The predicted molar refractivity (Wildman–Crippen MR) is 111 cm³/mol. The van der Waals surface area contributed by atoms with E-state index >= 15 is 0 Å². The molecule has 1 aromatic rings. The summed E-state index contributed by atoms with van der Waals surface area (Å²) in [5.41, 5.74) is 0.240. The third kappa shape index (κ3) is 7.15. The van der Waals surface area contributed by atoms with E-state index in [1.165, 1.54) is 5.56 Å². The van der Waals surface area contributed by atoms with Crippen LogP contribution in [0.15, 0.2) is 30.3 Å². The van der Waals surface area contributed by atoms with E-state index in [1.54, 1.807) is 20.8 Å². The molecule has 0 unspecified atom stereocenters. The first kappa shape index (κ1) is 22.2. The number of carbonyl (C=O) groups excluding carboxylic acids is 2. The van der Waals surface area contributed by atoms with Gasteiger partial charge in [-0.1, -0.05) is 51.1 Å². The van der Waals surface area contributed by atoms with Gasteiger partial charge in [0.2, 0.25) is 5.91 Å². The monoisotopic (exact) mass is 389 g/mol. The van der Waals surface area contributed by atoms with Crippen molar-refractivity contribution in [2.75, 3.05) is 13.1 Å². The van der Waals surface area contributed by atoms with Gasteiger partial charge in [0.05, 0.1) is 0 Å². The first-order chi connectivity index (χ1) is 12.9. The zero-order valence-corrected chi connectivity index (χ0v) is 18.0. The van der Waals surface area contributed by atoms with E-state index in [9.17, 15) is 9.59 Å². The molecule has 0 aromatic heterocycles. The van der Waals surface area contributed by atoms with Gasteiger partial charge in [-0.2, -0.15) is 0 Å². The van der Waals surface area contributed by atoms with E-state index in [-0.39, 0.29) is 11.9 Å². The number of carbonyl (C=O) groups is 2. The number of alkyl carbamates (subject to hydrolysis) is 1. The van der Waals surface area contributed by atoms with Crippen molar-refractivity contribution in [3.05, 3.63) is 35.9 Å². The van der Waals surface area contributed by atoms with Crippen LogP contribution < -0.4 is 10.6 Å². The minimum Gasteiger partial charge on any atom is -0.444 e. The minimum atomic E-state index is -0.662. The van der Waals surface area contributed by atoms with Crippen LogP contribution in [0.3, 0.4) is 0 Å². The van der Waals surface area contributed by atoms with Crippen molar-refractivity contribution in [1.82, 2.24) is 15.5 Å². The van der Waals surface area contributed by atoms with Gasteiger partial charge in [-0.15, -0.1) is 0 Å². The molecule has 1 saturated heterocycles. The molecule has 2 amide bonds. The molecule has 2 rings (SSSR count). The minimum absolute atomic E-state index is 0.0847. The Kier molecular flexibility index (Phi) is 7.10. The number of likely N-dealkylation sites (tertiary alicyclic amines) is 1. The van der Waals surface area contributed by atoms with Crippen molar-refractivity contribution in [3.8, 4) is 0 Å². The van der Waals surface area contributed by atoms with Crippen LogP contribution in [0, 0.1) is 5.41 Å². The Labute approximate surface area is 169 Å². The molecule has 0 radical (unpaired) electrons. The van der Waals surface area contributed by atoms with Crippen LogP contribution >= 0.6 is 0 Å². The zero-order valence-electron chi connectivity index (χ0n) is 18.0. The lowest BCUT2D eigenvalue weighted by Crippen LogP contribution is -2.56. The topological polar surface area (TPSA) is 70.7 Å². The van der Waals surface area contributed by atoms with Gasteiger partial charge in [0.1, 0.15) is 11.6 Å². The van der Waals surface area contributed by atoms with Crippen molar-refractivity contribution in [1.29, 1.82) is 0 Å². The van der Waals surface area contributed by atoms with E-state index in [1.807, 2.05) is 39.0 Å². The number of hydrogen-bond acceptors (Lipinski definition) is 4. The molecular formula is C22H35N3O3. The molecule has 2 N–H and O–H groups in total. The highest BCUT2D eigenvalue weighted by molar-refractivity contribution is 5.86. The normalized spacial score (nSPS) is 19.1. The summed E-state index contributed by atoms with van der Waals surface area (Å²) in [6.45, 7) is 13.9. The summed E-state index contributed by atoms with van der Waals surface area (Å²) in [6.07, 6.45) is 0.335. The summed E-state index contributed by atoms with van der Waals surface area (Å²) in [5, 5.41) is 5.87. The molecule has 0 aliphatic carbocycles. The fraction of sp³-hybridized carbons (Fsp3) is 0.636. The maximum Gasteiger partial charge on any atom is 0.408 e. The first-order valence-electron chi connectivity index (χ1n) is 10.0. The van der Waals surface area contributed by atoms with Crippen molar-refractivity contribution in [2.45, 2.75) is 72.2 Å². The lowest BCUT2D eigenvalue weighted by molar-refractivity contribution is -0.126.